The monoisotopic (exact) mass is 449 g/mol. The van der Waals surface area contributed by atoms with Gasteiger partial charge in [-0.05, 0) is 31.4 Å². The average Bonchev–Trinajstić information content (AvgIpc) is 2.52. The van der Waals surface area contributed by atoms with Crippen molar-refractivity contribution >= 4 is 29.9 Å². The number of hydrogen-bond acceptors (Lipinski definition) is 3. The Labute approximate surface area is 163 Å². The zero-order valence-corrected chi connectivity index (χ0v) is 17.8. The molecule has 2 N–H and O–H groups in total. The van der Waals surface area contributed by atoms with Crippen LogP contribution < -0.4 is 15.4 Å². The van der Waals surface area contributed by atoms with Gasteiger partial charge in [-0.15, -0.1) is 24.0 Å². The standard InChI is InChI=1S/C18H31N3O2.HI/c1-6-19-18(20-9-10-23-13-14(2)3)21-12-16-8-7-15(4)11-17(16)22-5;/h7-8,11,14H,6,9-10,12-13H2,1-5H3,(H2,19,20,21);1H. The van der Waals surface area contributed by atoms with Crippen LogP contribution in [-0.4, -0.2) is 39.4 Å². The Morgan fingerprint density at radius 3 is 2.62 bits per heavy atom. The van der Waals surface area contributed by atoms with Crippen molar-refractivity contribution in [2.24, 2.45) is 10.9 Å². The second-order valence-corrected chi connectivity index (χ2v) is 5.91. The third-order valence-electron chi connectivity index (χ3n) is 3.18. The first-order chi connectivity index (χ1) is 11.1. The lowest BCUT2D eigenvalue weighted by molar-refractivity contribution is 0.114. The first-order valence-corrected chi connectivity index (χ1v) is 8.30. The van der Waals surface area contributed by atoms with E-state index in [2.05, 4.69) is 55.5 Å². The molecule has 0 heterocycles. The average molecular weight is 449 g/mol. The van der Waals surface area contributed by atoms with Crippen molar-refractivity contribution in [3.63, 3.8) is 0 Å². The first-order valence-electron chi connectivity index (χ1n) is 8.30. The molecule has 0 radical (unpaired) electrons. The van der Waals surface area contributed by atoms with Crippen molar-refractivity contribution in [2.45, 2.75) is 34.2 Å². The Morgan fingerprint density at radius 2 is 2.00 bits per heavy atom. The van der Waals surface area contributed by atoms with Crippen molar-refractivity contribution < 1.29 is 9.47 Å². The highest BCUT2D eigenvalue weighted by atomic mass is 127. The van der Waals surface area contributed by atoms with Crippen LogP contribution >= 0.6 is 24.0 Å². The Hall–Kier alpha value is -1.02. The van der Waals surface area contributed by atoms with E-state index in [4.69, 9.17) is 9.47 Å². The maximum atomic E-state index is 5.57. The smallest absolute Gasteiger partial charge is 0.191 e. The SMILES string of the molecule is CCNC(=NCc1ccc(C)cc1OC)NCCOCC(C)C.I. The summed E-state index contributed by atoms with van der Waals surface area (Å²) in [5.74, 6) is 2.24. The molecule has 6 heteroatoms. The van der Waals surface area contributed by atoms with Crippen LogP contribution in [0.5, 0.6) is 5.75 Å². The van der Waals surface area contributed by atoms with Gasteiger partial charge in [0.1, 0.15) is 5.75 Å². The Balaban J connectivity index is 0.00000529. The molecule has 0 amide bonds. The van der Waals surface area contributed by atoms with Gasteiger partial charge >= 0.3 is 0 Å². The van der Waals surface area contributed by atoms with Gasteiger partial charge in [-0.25, -0.2) is 4.99 Å². The van der Waals surface area contributed by atoms with E-state index in [1.54, 1.807) is 7.11 Å². The number of halogens is 1. The summed E-state index contributed by atoms with van der Waals surface area (Å²) in [4.78, 5) is 4.61. The molecule has 0 aliphatic heterocycles. The molecular weight excluding hydrogens is 417 g/mol. The molecule has 24 heavy (non-hydrogen) atoms. The van der Waals surface area contributed by atoms with Crippen LogP contribution in [0.15, 0.2) is 23.2 Å². The summed E-state index contributed by atoms with van der Waals surface area (Å²) in [7, 11) is 1.69. The van der Waals surface area contributed by atoms with Gasteiger partial charge in [0.2, 0.25) is 0 Å². The number of aliphatic imine (C=N–C) groups is 1. The quantitative estimate of drug-likeness (QED) is 0.263. The number of guanidine groups is 1. The molecule has 138 valence electrons. The van der Waals surface area contributed by atoms with Crippen LogP contribution in [0.2, 0.25) is 0 Å². The fourth-order valence-corrected chi connectivity index (χ4v) is 2.05. The van der Waals surface area contributed by atoms with Crippen LogP contribution in [0.3, 0.4) is 0 Å². The van der Waals surface area contributed by atoms with Crippen LogP contribution in [0.1, 0.15) is 31.9 Å². The van der Waals surface area contributed by atoms with Gasteiger partial charge in [-0.3, -0.25) is 0 Å². The van der Waals surface area contributed by atoms with Gasteiger partial charge in [0.25, 0.3) is 0 Å². The number of ether oxygens (including phenoxy) is 2. The summed E-state index contributed by atoms with van der Waals surface area (Å²) in [6.45, 7) is 12.0. The van der Waals surface area contributed by atoms with Crippen molar-refractivity contribution in [1.82, 2.24) is 10.6 Å². The van der Waals surface area contributed by atoms with Crippen LogP contribution in [-0.2, 0) is 11.3 Å². The molecule has 0 aliphatic carbocycles. The predicted octanol–water partition coefficient (Wildman–Crippen LogP) is 3.35. The highest BCUT2D eigenvalue weighted by Gasteiger charge is 2.04. The maximum Gasteiger partial charge on any atom is 0.191 e. The predicted molar refractivity (Wildman–Crippen MR) is 112 cm³/mol. The van der Waals surface area contributed by atoms with Gasteiger partial charge in [-0.1, -0.05) is 26.0 Å². The highest BCUT2D eigenvalue weighted by Crippen LogP contribution is 2.20. The number of rotatable bonds is 9. The molecule has 0 atom stereocenters. The van der Waals surface area contributed by atoms with E-state index in [1.807, 2.05) is 6.07 Å². The van der Waals surface area contributed by atoms with Crippen molar-refractivity contribution in [1.29, 1.82) is 0 Å². The van der Waals surface area contributed by atoms with Gasteiger partial charge < -0.3 is 20.1 Å². The number of nitrogens with zero attached hydrogens (tertiary/aromatic N) is 1. The van der Waals surface area contributed by atoms with E-state index >= 15 is 0 Å². The van der Waals surface area contributed by atoms with Gasteiger partial charge in [0, 0.05) is 25.3 Å². The lowest BCUT2D eigenvalue weighted by atomic mass is 10.1. The number of hydrogen-bond donors (Lipinski definition) is 2. The second-order valence-electron chi connectivity index (χ2n) is 5.91. The van der Waals surface area contributed by atoms with E-state index in [0.717, 1.165) is 37.0 Å². The molecule has 1 aromatic rings. The third kappa shape index (κ3) is 9.32. The summed E-state index contributed by atoms with van der Waals surface area (Å²) in [6, 6.07) is 6.17. The summed E-state index contributed by atoms with van der Waals surface area (Å²) in [5.41, 5.74) is 2.26. The minimum absolute atomic E-state index is 0. The molecule has 0 bridgehead atoms. The number of benzene rings is 1. The van der Waals surface area contributed by atoms with Crippen LogP contribution in [0.4, 0.5) is 0 Å². The highest BCUT2D eigenvalue weighted by molar-refractivity contribution is 14.0. The molecule has 0 unspecified atom stereocenters. The van der Waals surface area contributed by atoms with E-state index in [-0.39, 0.29) is 24.0 Å². The molecule has 5 nitrogen and oxygen atoms in total. The number of methoxy groups -OCH3 is 1. The Morgan fingerprint density at radius 1 is 1.25 bits per heavy atom. The fraction of sp³-hybridized carbons (Fsp3) is 0.611. The zero-order chi connectivity index (χ0) is 17.1. The molecule has 0 fully saturated rings. The van der Waals surface area contributed by atoms with E-state index in [9.17, 15) is 0 Å². The van der Waals surface area contributed by atoms with Crippen LogP contribution in [0, 0.1) is 12.8 Å². The topological polar surface area (TPSA) is 54.9 Å². The number of nitrogens with one attached hydrogen (secondary N) is 2. The van der Waals surface area contributed by atoms with Crippen molar-refractivity contribution in [3.05, 3.63) is 29.3 Å². The number of aryl methyl sites for hydroxylation is 1. The maximum absolute atomic E-state index is 5.57. The first kappa shape index (κ1) is 23.0. The Kier molecular flexibility index (Phi) is 12.7. The minimum atomic E-state index is 0. The molecular formula is C18H32IN3O2. The van der Waals surface area contributed by atoms with Gasteiger partial charge in [0.05, 0.1) is 20.3 Å². The molecule has 1 aromatic carbocycles. The molecule has 0 saturated carbocycles. The fourth-order valence-electron chi connectivity index (χ4n) is 2.05. The summed E-state index contributed by atoms with van der Waals surface area (Å²) in [6.07, 6.45) is 0. The van der Waals surface area contributed by atoms with Crippen molar-refractivity contribution in [2.75, 3.05) is 33.4 Å². The second kappa shape index (κ2) is 13.3. The Bertz CT molecular complexity index is 493. The van der Waals surface area contributed by atoms with E-state index < -0.39 is 0 Å². The van der Waals surface area contributed by atoms with Crippen LogP contribution in [0.25, 0.3) is 0 Å². The molecule has 0 aliphatic rings. The van der Waals surface area contributed by atoms with Crippen molar-refractivity contribution in [3.8, 4) is 5.75 Å². The van der Waals surface area contributed by atoms with Gasteiger partial charge in [0.15, 0.2) is 5.96 Å². The molecule has 0 saturated heterocycles. The zero-order valence-electron chi connectivity index (χ0n) is 15.5. The normalized spacial score (nSPS) is 11.2. The molecule has 0 spiro atoms. The van der Waals surface area contributed by atoms with E-state index in [0.29, 0.717) is 19.1 Å². The third-order valence-corrected chi connectivity index (χ3v) is 3.18. The molecule has 1 rings (SSSR count). The molecule has 0 aromatic heterocycles. The van der Waals surface area contributed by atoms with E-state index in [1.165, 1.54) is 5.56 Å². The minimum Gasteiger partial charge on any atom is -0.496 e. The summed E-state index contributed by atoms with van der Waals surface area (Å²) >= 11 is 0. The van der Waals surface area contributed by atoms with Gasteiger partial charge in [-0.2, -0.15) is 0 Å². The summed E-state index contributed by atoms with van der Waals surface area (Å²) < 4.78 is 11.0. The largest absolute Gasteiger partial charge is 0.496 e. The summed E-state index contributed by atoms with van der Waals surface area (Å²) in [5, 5.41) is 6.53. The lowest BCUT2D eigenvalue weighted by Gasteiger charge is -2.13. The lowest BCUT2D eigenvalue weighted by Crippen LogP contribution is -2.39.